The third kappa shape index (κ3) is 1.94. The van der Waals surface area contributed by atoms with Gasteiger partial charge >= 0.3 is 0 Å². The zero-order valence-electron chi connectivity index (χ0n) is 8.81. The molecule has 0 heterocycles. The minimum atomic E-state index is 0.250. The van der Waals surface area contributed by atoms with Crippen molar-refractivity contribution in [1.29, 1.82) is 0 Å². The van der Waals surface area contributed by atoms with Crippen LogP contribution in [0.2, 0.25) is 0 Å². The Morgan fingerprint density at radius 2 is 1.09 bits per heavy atom. The van der Waals surface area contributed by atoms with Crippen LogP contribution in [0.15, 0.2) is 0 Å². The first kappa shape index (κ1) is 10.9. The molecule has 11 heavy (non-hydrogen) atoms. The van der Waals surface area contributed by atoms with E-state index in [1.165, 1.54) is 12.8 Å². The Hall–Kier alpha value is -0.0800. The summed E-state index contributed by atoms with van der Waals surface area (Å²) in [4.78, 5) is 4.60. The van der Waals surface area contributed by atoms with Gasteiger partial charge in [0.1, 0.15) is 0 Å². The molecule has 68 valence electrons. The molecule has 0 rings (SSSR count). The molecule has 0 amide bonds. The van der Waals surface area contributed by atoms with Gasteiger partial charge in [-0.15, -0.1) is 0 Å². The summed E-state index contributed by atoms with van der Waals surface area (Å²) in [5.74, 6) is 0. The van der Waals surface area contributed by atoms with Crippen molar-refractivity contribution < 1.29 is 0 Å². The smallest absolute Gasteiger partial charge is 0.0722 e. The van der Waals surface area contributed by atoms with Crippen molar-refractivity contribution in [1.82, 2.24) is 9.80 Å². The molecule has 0 bridgehead atoms. The molecule has 0 aromatic heterocycles. The standard InChI is InChI=1S/C9H22N2/c1-7-9(8-2,10(3)4)11(5)6/h7-8H2,1-6H3. The molecule has 0 aliphatic heterocycles. The van der Waals surface area contributed by atoms with E-state index in [1.807, 2.05) is 0 Å². The van der Waals surface area contributed by atoms with Gasteiger partial charge in [0, 0.05) is 0 Å². The Balaban J connectivity index is 4.46. The van der Waals surface area contributed by atoms with Gasteiger partial charge in [-0.25, -0.2) is 0 Å². The number of hydrogen-bond acceptors (Lipinski definition) is 2. The maximum atomic E-state index is 2.30. The van der Waals surface area contributed by atoms with E-state index in [9.17, 15) is 0 Å². The Morgan fingerprint density at radius 3 is 1.09 bits per heavy atom. The highest BCUT2D eigenvalue weighted by molar-refractivity contribution is 4.81. The summed E-state index contributed by atoms with van der Waals surface area (Å²) in [7, 11) is 8.58. The van der Waals surface area contributed by atoms with Crippen LogP contribution in [-0.2, 0) is 0 Å². The summed E-state index contributed by atoms with van der Waals surface area (Å²) < 4.78 is 0. The fourth-order valence-electron chi connectivity index (χ4n) is 1.91. The molecule has 0 saturated carbocycles. The van der Waals surface area contributed by atoms with Gasteiger partial charge in [-0.2, -0.15) is 0 Å². The van der Waals surface area contributed by atoms with E-state index in [0.29, 0.717) is 0 Å². The topological polar surface area (TPSA) is 6.48 Å². The molecule has 0 atom stereocenters. The third-order valence-corrected chi connectivity index (χ3v) is 2.80. The largest absolute Gasteiger partial charge is 0.292 e. The average Bonchev–Trinajstić information content (AvgIpc) is 1.90. The number of nitrogens with zero attached hydrogens (tertiary/aromatic N) is 2. The van der Waals surface area contributed by atoms with Crippen molar-refractivity contribution in [2.24, 2.45) is 0 Å². The van der Waals surface area contributed by atoms with Crippen molar-refractivity contribution in [3.63, 3.8) is 0 Å². The molecule has 0 spiro atoms. The van der Waals surface area contributed by atoms with Crippen LogP contribution in [0.1, 0.15) is 26.7 Å². The molecule has 0 unspecified atom stereocenters. The van der Waals surface area contributed by atoms with Crippen LogP contribution < -0.4 is 0 Å². The van der Waals surface area contributed by atoms with E-state index < -0.39 is 0 Å². The lowest BCUT2D eigenvalue weighted by atomic mass is 10.0. The van der Waals surface area contributed by atoms with Gasteiger partial charge in [0.15, 0.2) is 0 Å². The number of hydrogen-bond donors (Lipinski definition) is 0. The third-order valence-electron chi connectivity index (χ3n) is 2.80. The highest BCUT2D eigenvalue weighted by Gasteiger charge is 2.30. The quantitative estimate of drug-likeness (QED) is 0.574. The molecule has 0 aliphatic carbocycles. The molecular formula is C9H22N2. The number of rotatable bonds is 4. The predicted octanol–water partition coefficient (Wildman–Crippen LogP) is 1.63. The molecule has 2 nitrogen and oxygen atoms in total. The van der Waals surface area contributed by atoms with Crippen molar-refractivity contribution in [3.05, 3.63) is 0 Å². The normalized spacial score (nSPS) is 13.1. The van der Waals surface area contributed by atoms with E-state index in [4.69, 9.17) is 0 Å². The van der Waals surface area contributed by atoms with Gasteiger partial charge in [0.25, 0.3) is 0 Å². The monoisotopic (exact) mass is 158 g/mol. The first-order valence-electron chi connectivity index (χ1n) is 4.36. The molecule has 2 heteroatoms. The zero-order chi connectivity index (χ0) is 9.07. The second-order valence-electron chi connectivity index (χ2n) is 3.48. The fourth-order valence-corrected chi connectivity index (χ4v) is 1.91. The lowest BCUT2D eigenvalue weighted by molar-refractivity contribution is -0.00363. The van der Waals surface area contributed by atoms with Crippen LogP contribution in [0.5, 0.6) is 0 Å². The molecule has 0 aliphatic rings. The molecule has 0 N–H and O–H groups in total. The van der Waals surface area contributed by atoms with Crippen molar-refractivity contribution >= 4 is 0 Å². The maximum Gasteiger partial charge on any atom is 0.0722 e. The first-order chi connectivity index (χ1) is 5.01. The van der Waals surface area contributed by atoms with Crippen LogP contribution >= 0.6 is 0 Å². The lowest BCUT2D eigenvalue weighted by Gasteiger charge is -2.44. The molecule has 0 aromatic rings. The summed E-state index contributed by atoms with van der Waals surface area (Å²) >= 11 is 0. The van der Waals surface area contributed by atoms with Crippen molar-refractivity contribution in [2.45, 2.75) is 32.4 Å². The highest BCUT2D eigenvalue weighted by atomic mass is 15.4. The second kappa shape index (κ2) is 4.07. The van der Waals surface area contributed by atoms with E-state index in [-0.39, 0.29) is 5.66 Å². The van der Waals surface area contributed by atoms with Crippen molar-refractivity contribution in [2.75, 3.05) is 28.2 Å². The van der Waals surface area contributed by atoms with E-state index in [0.717, 1.165) is 0 Å². The van der Waals surface area contributed by atoms with Crippen LogP contribution in [0, 0.1) is 0 Å². The van der Waals surface area contributed by atoms with Gasteiger partial charge in [-0.05, 0) is 41.0 Å². The van der Waals surface area contributed by atoms with Crippen LogP contribution in [0.25, 0.3) is 0 Å². The molecule has 0 aromatic carbocycles. The summed E-state index contributed by atoms with van der Waals surface area (Å²) in [6, 6.07) is 0. The summed E-state index contributed by atoms with van der Waals surface area (Å²) in [5, 5.41) is 0. The first-order valence-corrected chi connectivity index (χ1v) is 4.36. The molecular weight excluding hydrogens is 136 g/mol. The Bertz CT molecular complexity index is 94.1. The van der Waals surface area contributed by atoms with Gasteiger partial charge in [0.2, 0.25) is 0 Å². The van der Waals surface area contributed by atoms with Gasteiger partial charge in [-0.3, -0.25) is 9.80 Å². The van der Waals surface area contributed by atoms with Crippen LogP contribution in [0.4, 0.5) is 0 Å². The van der Waals surface area contributed by atoms with E-state index in [2.05, 4.69) is 51.8 Å². The molecule has 0 fully saturated rings. The summed E-state index contributed by atoms with van der Waals surface area (Å²) in [6.07, 6.45) is 2.34. The minimum absolute atomic E-state index is 0.250. The van der Waals surface area contributed by atoms with Crippen molar-refractivity contribution in [3.8, 4) is 0 Å². The lowest BCUT2D eigenvalue weighted by Crippen LogP contribution is -2.54. The summed E-state index contributed by atoms with van der Waals surface area (Å²) in [6.45, 7) is 4.48. The minimum Gasteiger partial charge on any atom is -0.292 e. The Morgan fingerprint density at radius 1 is 0.818 bits per heavy atom. The van der Waals surface area contributed by atoms with E-state index >= 15 is 0 Å². The maximum absolute atomic E-state index is 2.30. The average molecular weight is 158 g/mol. The SMILES string of the molecule is CCC(CC)(N(C)C)N(C)C. The molecule has 0 saturated heterocycles. The highest BCUT2D eigenvalue weighted by Crippen LogP contribution is 2.22. The predicted molar refractivity (Wildman–Crippen MR) is 50.7 cm³/mol. The Labute approximate surface area is 71.2 Å². The van der Waals surface area contributed by atoms with E-state index in [1.54, 1.807) is 0 Å². The fraction of sp³-hybridized carbons (Fsp3) is 1.00. The molecule has 0 radical (unpaired) electrons. The van der Waals surface area contributed by atoms with Gasteiger partial charge in [-0.1, -0.05) is 13.8 Å². The zero-order valence-corrected chi connectivity index (χ0v) is 8.81. The van der Waals surface area contributed by atoms with Gasteiger partial charge in [0.05, 0.1) is 5.66 Å². The van der Waals surface area contributed by atoms with Gasteiger partial charge < -0.3 is 0 Å². The van der Waals surface area contributed by atoms with Crippen LogP contribution in [-0.4, -0.2) is 43.7 Å². The summed E-state index contributed by atoms with van der Waals surface area (Å²) in [5.41, 5.74) is 0.250. The second-order valence-corrected chi connectivity index (χ2v) is 3.48. The van der Waals surface area contributed by atoms with Crippen LogP contribution in [0.3, 0.4) is 0 Å². The Kier molecular flexibility index (Phi) is 4.04.